The Labute approximate surface area is 147 Å². The molecule has 1 aliphatic rings. The van der Waals surface area contributed by atoms with Crippen molar-refractivity contribution in [3.05, 3.63) is 42.1 Å². The summed E-state index contributed by atoms with van der Waals surface area (Å²) in [6, 6.07) is 5.03. The predicted molar refractivity (Wildman–Crippen MR) is 98.1 cm³/mol. The van der Waals surface area contributed by atoms with Crippen LogP contribution in [0.1, 0.15) is 18.5 Å². The number of H-pyrrole nitrogens is 1. The number of benzene rings is 1. The monoisotopic (exact) mass is 343 g/mol. The molecule has 25 heavy (non-hydrogen) atoms. The van der Waals surface area contributed by atoms with E-state index in [0.717, 1.165) is 60.5 Å². The molecule has 1 aromatic carbocycles. The lowest BCUT2D eigenvalue weighted by Gasteiger charge is -2.37. The highest BCUT2D eigenvalue weighted by Crippen LogP contribution is 2.31. The van der Waals surface area contributed by atoms with Crippen molar-refractivity contribution in [2.45, 2.75) is 13.0 Å². The van der Waals surface area contributed by atoms with Crippen LogP contribution in [0.5, 0.6) is 5.75 Å². The number of methoxy groups -OCH3 is 1. The zero-order valence-corrected chi connectivity index (χ0v) is 14.8. The van der Waals surface area contributed by atoms with Gasteiger partial charge in [0.15, 0.2) is 0 Å². The Balaban J connectivity index is 1.85. The zero-order chi connectivity index (χ0) is 18.0. The molecule has 1 aromatic heterocycles. The molecule has 1 aliphatic heterocycles. The molecule has 0 radical (unpaired) electrons. The van der Waals surface area contributed by atoms with E-state index < -0.39 is 12.0 Å². The number of aliphatic carboxylic acids is 1. The van der Waals surface area contributed by atoms with Crippen molar-refractivity contribution in [2.75, 3.05) is 39.8 Å². The van der Waals surface area contributed by atoms with Crippen molar-refractivity contribution in [2.24, 2.45) is 0 Å². The molecule has 0 saturated carbocycles. The van der Waals surface area contributed by atoms with E-state index in [1.807, 2.05) is 36.2 Å². The first-order valence-corrected chi connectivity index (χ1v) is 8.48. The van der Waals surface area contributed by atoms with Gasteiger partial charge in [0.2, 0.25) is 0 Å². The first-order valence-electron chi connectivity index (χ1n) is 8.48. The number of nitrogens with one attached hydrogen (secondary N) is 1. The summed E-state index contributed by atoms with van der Waals surface area (Å²) in [5, 5.41) is 10.8. The van der Waals surface area contributed by atoms with E-state index in [4.69, 9.17) is 4.74 Å². The number of hydrogen-bond acceptors (Lipinski definition) is 4. The normalized spacial score (nSPS) is 17.5. The Morgan fingerprint density at radius 2 is 2.08 bits per heavy atom. The van der Waals surface area contributed by atoms with Crippen LogP contribution >= 0.6 is 0 Å². The van der Waals surface area contributed by atoms with E-state index >= 15 is 0 Å². The van der Waals surface area contributed by atoms with Gasteiger partial charge in [-0.1, -0.05) is 12.2 Å². The summed E-state index contributed by atoms with van der Waals surface area (Å²) in [6.45, 7) is 9.99. The fraction of sp³-hybridized carbons (Fsp3) is 0.421. The summed E-state index contributed by atoms with van der Waals surface area (Å²) in [5.41, 5.74) is 2.84. The van der Waals surface area contributed by atoms with Crippen LogP contribution in [0.25, 0.3) is 10.9 Å². The summed E-state index contributed by atoms with van der Waals surface area (Å²) in [6.07, 6.45) is 1.81. The maximum atomic E-state index is 12.0. The summed E-state index contributed by atoms with van der Waals surface area (Å²) >= 11 is 0. The van der Waals surface area contributed by atoms with Gasteiger partial charge in [-0.3, -0.25) is 14.6 Å². The van der Waals surface area contributed by atoms with Crippen LogP contribution in [0.3, 0.4) is 0 Å². The average Bonchev–Trinajstić information content (AvgIpc) is 2.98. The summed E-state index contributed by atoms with van der Waals surface area (Å²) < 4.78 is 5.29. The number of rotatable bonds is 6. The van der Waals surface area contributed by atoms with Crippen LogP contribution in [0.4, 0.5) is 0 Å². The van der Waals surface area contributed by atoms with Crippen LogP contribution in [-0.4, -0.2) is 65.7 Å². The van der Waals surface area contributed by atoms with E-state index in [-0.39, 0.29) is 0 Å². The predicted octanol–water partition coefficient (Wildman–Crippen LogP) is 2.50. The highest BCUT2D eigenvalue weighted by molar-refractivity contribution is 5.90. The molecule has 6 nitrogen and oxygen atoms in total. The molecule has 6 heteroatoms. The number of nitrogens with zero attached hydrogens (tertiary/aromatic N) is 2. The van der Waals surface area contributed by atoms with E-state index in [1.165, 1.54) is 0 Å². The van der Waals surface area contributed by atoms with Gasteiger partial charge in [-0.2, -0.15) is 0 Å². The quantitative estimate of drug-likeness (QED) is 0.789. The van der Waals surface area contributed by atoms with Gasteiger partial charge in [0.25, 0.3) is 0 Å². The third kappa shape index (κ3) is 3.70. The van der Waals surface area contributed by atoms with Gasteiger partial charge < -0.3 is 14.8 Å². The molecular formula is C19H25N3O3. The lowest BCUT2D eigenvalue weighted by molar-refractivity contribution is -0.144. The topological polar surface area (TPSA) is 68.8 Å². The first-order chi connectivity index (χ1) is 12.0. The molecule has 2 aromatic rings. The van der Waals surface area contributed by atoms with Gasteiger partial charge in [0, 0.05) is 55.4 Å². The second-order valence-electron chi connectivity index (χ2n) is 6.67. The van der Waals surface area contributed by atoms with Crippen molar-refractivity contribution >= 4 is 16.9 Å². The third-order valence-electron chi connectivity index (χ3n) is 4.71. The Hall–Kier alpha value is -2.31. The number of ether oxygens (including phenoxy) is 1. The van der Waals surface area contributed by atoms with Crippen molar-refractivity contribution in [1.29, 1.82) is 0 Å². The number of carboxylic acid groups (broad SMARTS) is 1. The minimum Gasteiger partial charge on any atom is -0.497 e. The Morgan fingerprint density at radius 1 is 1.36 bits per heavy atom. The van der Waals surface area contributed by atoms with Crippen molar-refractivity contribution < 1.29 is 14.6 Å². The maximum Gasteiger partial charge on any atom is 0.325 e. The molecule has 0 aliphatic carbocycles. The molecule has 0 spiro atoms. The Bertz CT molecular complexity index is 775. The number of carboxylic acids is 1. The molecule has 0 amide bonds. The minimum atomic E-state index is -0.822. The van der Waals surface area contributed by atoms with Crippen LogP contribution < -0.4 is 4.74 Å². The SMILES string of the molecule is C=C(C)CN1CCN([C@H](C(=O)O)c2c[nH]c3ccc(OC)cc23)CC1. The van der Waals surface area contributed by atoms with Gasteiger partial charge in [-0.25, -0.2) is 0 Å². The fourth-order valence-corrected chi connectivity index (χ4v) is 3.52. The highest BCUT2D eigenvalue weighted by atomic mass is 16.5. The van der Waals surface area contributed by atoms with Gasteiger partial charge in [-0.15, -0.1) is 0 Å². The highest BCUT2D eigenvalue weighted by Gasteiger charge is 2.32. The zero-order valence-electron chi connectivity index (χ0n) is 14.8. The second-order valence-corrected chi connectivity index (χ2v) is 6.67. The molecule has 2 N–H and O–H groups in total. The summed E-state index contributed by atoms with van der Waals surface area (Å²) in [4.78, 5) is 19.6. The summed E-state index contributed by atoms with van der Waals surface area (Å²) in [5.74, 6) is -0.0964. The van der Waals surface area contributed by atoms with Crippen LogP contribution in [0.15, 0.2) is 36.5 Å². The molecule has 1 fully saturated rings. The maximum absolute atomic E-state index is 12.0. The van der Waals surface area contributed by atoms with E-state index in [1.54, 1.807) is 7.11 Å². The lowest BCUT2D eigenvalue weighted by atomic mass is 10.0. The second kappa shape index (κ2) is 7.29. The van der Waals surface area contributed by atoms with Gasteiger partial charge in [-0.05, 0) is 25.1 Å². The van der Waals surface area contributed by atoms with E-state index in [0.29, 0.717) is 0 Å². The molecular weight excluding hydrogens is 318 g/mol. The molecule has 1 atom stereocenters. The number of piperazine rings is 1. The van der Waals surface area contributed by atoms with Crippen LogP contribution in [-0.2, 0) is 4.79 Å². The largest absolute Gasteiger partial charge is 0.497 e. The fourth-order valence-electron chi connectivity index (χ4n) is 3.52. The first kappa shape index (κ1) is 17.5. The minimum absolute atomic E-state index is 0.659. The molecule has 0 unspecified atom stereocenters. The van der Waals surface area contributed by atoms with Gasteiger partial charge in [0.05, 0.1) is 7.11 Å². The number of fused-ring (bicyclic) bond motifs is 1. The van der Waals surface area contributed by atoms with Crippen LogP contribution in [0, 0.1) is 0 Å². The number of hydrogen-bond donors (Lipinski definition) is 2. The van der Waals surface area contributed by atoms with E-state index in [9.17, 15) is 9.90 Å². The standard InChI is InChI=1S/C19H25N3O3/c1-13(2)12-21-6-8-22(9-7-21)18(19(23)24)16-11-20-17-5-4-14(25-3)10-15(16)17/h4-5,10-11,18,20H,1,6-9,12H2,2-3H3,(H,23,24)/t18-/m0/s1. The Kier molecular flexibility index (Phi) is 5.11. The summed E-state index contributed by atoms with van der Waals surface area (Å²) in [7, 11) is 1.61. The lowest BCUT2D eigenvalue weighted by Crippen LogP contribution is -2.49. The van der Waals surface area contributed by atoms with Gasteiger partial charge >= 0.3 is 5.97 Å². The van der Waals surface area contributed by atoms with Crippen molar-refractivity contribution in [3.63, 3.8) is 0 Å². The van der Waals surface area contributed by atoms with Crippen molar-refractivity contribution in [1.82, 2.24) is 14.8 Å². The number of aromatic nitrogens is 1. The smallest absolute Gasteiger partial charge is 0.325 e. The van der Waals surface area contributed by atoms with Gasteiger partial charge in [0.1, 0.15) is 11.8 Å². The van der Waals surface area contributed by atoms with Crippen molar-refractivity contribution in [3.8, 4) is 5.75 Å². The average molecular weight is 343 g/mol. The molecule has 2 heterocycles. The van der Waals surface area contributed by atoms with Crippen LogP contribution in [0.2, 0.25) is 0 Å². The third-order valence-corrected chi connectivity index (χ3v) is 4.71. The number of aromatic amines is 1. The molecule has 134 valence electrons. The molecule has 0 bridgehead atoms. The van der Waals surface area contributed by atoms with E-state index in [2.05, 4.69) is 16.5 Å². The number of carbonyl (C=O) groups is 1. The Morgan fingerprint density at radius 3 is 2.68 bits per heavy atom. The molecule has 3 rings (SSSR count). The molecule has 1 saturated heterocycles.